The van der Waals surface area contributed by atoms with E-state index in [0.29, 0.717) is 24.3 Å². The van der Waals surface area contributed by atoms with E-state index in [9.17, 15) is 4.79 Å². The highest BCUT2D eigenvalue weighted by Gasteiger charge is 2.16. The Bertz CT molecular complexity index is 535. The van der Waals surface area contributed by atoms with E-state index in [0.717, 1.165) is 12.0 Å². The number of anilines is 1. The van der Waals surface area contributed by atoms with Crippen molar-refractivity contribution in [3.63, 3.8) is 0 Å². The highest BCUT2D eigenvalue weighted by molar-refractivity contribution is 5.93. The minimum Gasteiger partial charge on any atom is -0.472 e. The van der Waals surface area contributed by atoms with Gasteiger partial charge >= 0.3 is 0 Å². The summed E-state index contributed by atoms with van der Waals surface area (Å²) in [6, 6.07) is 9.29. The van der Waals surface area contributed by atoms with Crippen molar-refractivity contribution >= 4 is 11.6 Å². The van der Waals surface area contributed by atoms with Gasteiger partial charge in [0, 0.05) is 18.8 Å². The van der Waals surface area contributed by atoms with Crippen molar-refractivity contribution in [3.8, 4) is 0 Å². The summed E-state index contributed by atoms with van der Waals surface area (Å²) in [5.74, 6) is -0.0157. The molecule has 0 radical (unpaired) electrons. The lowest BCUT2D eigenvalue weighted by molar-refractivity contribution is 0.0742. The van der Waals surface area contributed by atoms with Crippen molar-refractivity contribution < 1.29 is 9.21 Å². The van der Waals surface area contributed by atoms with Gasteiger partial charge in [-0.05, 0) is 30.2 Å². The van der Waals surface area contributed by atoms with Crippen LogP contribution in [0.25, 0.3) is 0 Å². The standard InChI is InChI=1S/C15H18N2O2/c1-2-7-17(15(18)13-6-8-19-11-13)10-12-4-3-5-14(16)9-12/h3-6,8-9,11H,2,7,10,16H2,1H3. The van der Waals surface area contributed by atoms with Crippen LogP contribution in [0.15, 0.2) is 47.3 Å². The van der Waals surface area contributed by atoms with E-state index in [1.54, 1.807) is 11.0 Å². The summed E-state index contributed by atoms with van der Waals surface area (Å²) < 4.78 is 4.97. The zero-order valence-corrected chi connectivity index (χ0v) is 11.0. The van der Waals surface area contributed by atoms with Gasteiger partial charge in [-0.15, -0.1) is 0 Å². The van der Waals surface area contributed by atoms with E-state index < -0.39 is 0 Å². The fourth-order valence-electron chi connectivity index (χ4n) is 2.00. The molecule has 0 atom stereocenters. The van der Waals surface area contributed by atoms with Crippen LogP contribution in [-0.4, -0.2) is 17.4 Å². The van der Waals surface area contributed by atoms with Gasteiger partial charge in [0.15, 0.2) is 0 Å². The third kappa shape index (κ3) is 3.37. The van der Waals surface area contributed by atoms with Gasteiger partial charge in [-0.3, -0.25) is 4.79 Å². The molecule has 0 saturated carbocycles. The van der Waals surface area contributed by atoms with E-state index in [1.807, 2.05) is 24.3 Å². The molecule has 4 heteroatoms. The molecule has 4 nitrogen and oxygen atoms in total. The molecule has 0 unspecified atom stereocenters. The summed E-state index contributed by atoms with van der Waals surface area (Å²) >= 11 is 0. The monoisotopic (exact) mass is 258 g/mol. The maximum Gasteiger partial charge on any atom is 0.257 e. The Morgan fingerprint density at radius 1 is 1.37 bits per heavy atom. The summed E-state index contributed by atoms with van der Waals surface area (Å²) in [6.45, 7) is 3.32. The summed E-state index contributed by atoms with van der Waals surface area (Å²) in [4.78, 5) is 14.1. The maximum absolute atomic E-state index is 12.3. The molecule has 100 valence electrons. The van der Waals surface area contributed by atoms with Crippen LogP contribution in [-0.2, 0) is 6.54 Å². The number of furan rings is 1. The first-order valence-corrected chi connectivity index (χ1v) is 6.36. The summed E-state index contributed by atoms with van der Waals surface area (Å²) in [5.41, 5.74) is 8.09. The summed E-state index contributed by atoms with van der Waals surface area (Å²) in [7, 11) is 0. The minimum atomic E-state index is -0.0157. The van der Waals surface area contributed by atoms with Crippen LogP contribution >= 0.6 is 0 Å². The van der Waals surface area contributed by atoms with Gasteiger partial charge in [-0.2, -0.15) is 0 Å². The lowest BCUT2D eigenvalue weighted by Gasteiger charge is -2.21. The zero-order valence-electron chi connectivity index (χ0n) is 11.0. The number of hydrogen-bond acceptors (Lipinski definition) is 3. The van der Waals surface area contributed by atoms with Crippen LogP contribution in [0.3, 0.4) is 0 Å². The van der Waals surface area contributed by atoms with Crippen LogP contribution in [0.2, 0.25) is 0 Å². The van der Waals surface area contributed by atoms with Crippen LogP contribution in [0, 0.1) is 0 Å². The third-order valence-corrected chi connectivity index (χ3v) is 2.87. The normalized spacial score (nSPS) is 10.4. The molecule has 19 heavy (non-hydrogen) atoms. The molecule has 1 aromatic heterocycles. The van der Waals surface area contributed by atoms with Crippen molar-refractivity contribution in [1.29, 1.82) is 0 Å². The fourth-order valence-corrected chi connectivity index (χ4v) is 2.00. The molecule has 1 amide bonds. The number of carbonyl (C=O) groups is 1. The average molecular weight is 258 g/mol. The molecule has 0 aliphatic heterocycles. The lowest BCUT2D eigenvalue weighted by Crippen LogP contribution is -2.31. The average Bonchev–Trinajstić information content (AvgIpc) is 2.91. The Morgan fingerprint density at radius 3 is 2.84 bits per heavy atom. The molecule has 0 spiro atoms. The van der Waals surface area contributed by atoms with E-state index in [-0.39, 0.29) is 5.91 Å². The van der Waals surface area contributed by atoms with E-state index in [1.165, 1.54) is 12.5 Å². The van der Waals surface area contributed by atoms with Gasteiger partial charge < -0.3 is 15.1 Å². The number of nitrogens with two attached hydrogens (primary N) is 1. The van der Waals surface area contributed by atoms with E-state index >= 15 is 0 Å². The zero-order chi connectivity index (χ0) is 13.7. The SMILES string of the molecule is CCCN(Cc1cccc(N)c1)C(=O)c1ccoc1. The Balaban J connectivity index is 2.14. The molecule has 0 saturated heterocycles. The van der Waals surface area contributed by atoms with E-state index in [2.05, 4.69) is 6.92 Å². The molecule has 0 fully saturated rings. The van der Waals surface area contributed by atoms with Crippen LogP contribution in [0.1, 0.15) is 29.3 Å². The van der Waals surface area contributed by atoms with Gasteiger partial charge in [0.25, 0.3) is 5.91 Å². The number of nitrogen functional groups attached to an aromatic ring is 1. The molecule has 0 aliphatic rings. The Morgan fingerprint density at radius 2 is 2.21 bits per heavy atom. The van der Waals surface area contributed by atoms with Gasteiger partial charge in [0.1, 0.15) is 6.26 Å². The highest BCUT2D eigenvalue weighted by atomic mass is 16.3. The van der Waals surface area contributed by atoms with Crippen molar-refractivity contribution in [3.05, 3.63) is 54.0 Å². The van der Waals surface area contributed by atoms with Crippen molar-refractivity contribution in [1.82, 2.24) is 4.90 Å². The van der Waals surface area contributed by atoms with Crippen LogP contribution in [0.5, 0.6) is 0 Å². The molecule has 0 bridgehead atoms. The molecular formula is C15H18N2O2. The van der Waals surface area contributed by atoms with Gasteiger partial charge in [0.05, 0.1) is 11.8 Å². The number of carbonyl (C=O) groups excluding carboxylic acids is 1. The predicted octanol–water partition coefficient (Wildman–Crippen LogP) is 2.91. The lowest BCUT2D eigenvalue weighted by atomic mass is 10.1. The molecule has 1 aromatic carbocycles. The van der Waals surface area contributed by atoms with Crippen molar-refractivity contribution in [2.75, 3.05) is 12.3 Å². The number of hydrogen-bond donors (Lipinski definition) is 1. The first-order chi connectivity index (χ1) is 9.20. The first-order valence-electron chi connectivity index (χ1n) is 6.36. The van der Waals surface area contributed by atoms with Crippen LogP contribution in [0.4, 0.5) is 5.69 Å². The van der Waals surface area contributed by atoms with Crippen molar-refractivity contribution in [2.45, 2.75) is 19.9 Å². The van der Waals surface area contributed by atoms with Crippen LogP contribution < -0.4 is 5.73 Å². The molecule has 0 aliphatic carbocycles. The Labute approximate surface area is 112 Å². The third-order valence-electron chi connectivity index (χ3n) is 2.87. The molecule has 2 rings (SSSR count). The predicted molar refractivity (Wildman–Crippen MR) is 74.6 cm³/mol. The number of rotatable bonds is 5. The second-order valence-corrected chi connectivity index (χ2v) is 4.48. The topological polar surface area (TPSA) is 59.5 Å². The molecule has 1 heterocycles. The largest absolute Gasteiger partial charge is 0.472 e. The molecule has 2 N–H and O–H groups in total. The highest BCUT2D eigenvalue weighted by Crippen LogP contribution is 2.13. The maximum atomic E-state index is 12.3. The van der Waals surface area contributed by atoms with E-state index in [4.69, 9.17) is 10.2 Å². The van der Waals surface area contributed by atoms with Gasteiger partial charge in [-0.25, -0.2) is 0 Å². The summed E-state index contributed by atoms with van der Waals surface area (Å²) in [6.07, 6.45) is 3.90. The summed E-state index contributed by atoms with van der Waals surface area (Å²) in [5, 5.41) is 0. The first kappa shape index (κ1) is 13.2. The number of amides is 1. The molecular weight excluding hydrogens is 240 g/mol. The second kappa shape index (κ2) is 6.09. The minimum absolute atomic E-state index is 0.0157. The van der Waals surface area contributed by atoms with Gasteiger partial charge in [0.2, 0.25) is 0 Å². The Hall–Kier alpha value is -2.23. The quantitative estimate of drug-likeness (QED) is 0.839. The van der Waals surface area contributed by atoms with Crippen molar-refractivity contribution in [2.24, 2.45) is 0 Å². The number of nitrogens with zero attached hydrogens (tertiary/aromatic N) is 1. The van der Waals surface area contributed by atoms with Gasteiger partial charge in [-0.1, -0.05) is 19.1 Å². The smallest absolute Gasteiger partial charge is 0.257 e. The molecule has 2 aromatic rings. The number of benzene rings is 1. The second-order valence-electron chi connectivity index (χ2n) is 4.48. The fraction of sp³-hybridized carbons (Fsp3) is 0.267. The Kier molecular flexibility index (Phi) is 4.23.